The highest BCUT2D eigenvalue weighted by Crippen LogP contribution is 2.37. The van der Waals surface area contributed by atoms with E-state index in [1.807, 2.05) is 11.8 Å². The van der Waals surface area contributed by atoms with Gasteiger partial charge in [0.15, 0.2) is 0 Å². The van der Waals surface area contributed by atoms with Crippen LogP contribution < -0.4 is 5.32 Å². The van der Waals surface area contributed by atoms with Gasteiger partial charge in [0.25, 0.3) is 0 Å². The van der Waals surface area contributed by atoms with Crippen LogP contribution in [0, 0.1) is 5.92 Å². The van der Waals surface area contributed by atoms with Crippen molar-refractivity contribution < 1.29 is 13.2 Å². The normalized spacial score (nSPS) is 19.0. The monoisotopic (exact) mass is 304 g/mol. The third-order valence-electron chi connectivity index (χ3n) is 3.79. The number of thioether (sulfide) groups is 1. The molecule has 1 unspecified atom stereocenters. The molecule has 1 saturated heterocycles. The van der Waals surface area contributed by atoms with Crippen molar-refractivity contribution in [2.45, 2.75) is 31.5 Å². The van der Waals surface area contributed by atoms with Crippen LogP contribution in [-0.2, 0) is 6.18 Å². The molecule has 1 atom stereocenters. The molecule has 6 heteroatoms. The molecule has 1 aromatic heterocycles. The SMILES string of the molecule is CNC(CC1CCSCC1)c1cnccc1C(F)(F)F. The molecule has 2 rings (SSSR count). The van der Waals surface area contributed by atoms with Gasteiger partial charge in [0.05, 0.1) is 5.56 Å². The smallest absolute Gasteiger partial charge is 0.313 e. The highest BCUT2D eigenvalue weighted by Gasteiger charge is 2.35. The van der Waals surface area contributed by atoms with Crippen molar-refractivity contribution in [1.29, 1.82) is 0 Å². The fraction of sp³-hybridized carbons (Fsp3) is 0.643. The molecule has 0 aliphatic carbocycles. The number of hydrogen-bond donors (Lipinski definition) is 1. The van der Waals surface area contributed by atoms with Gasteiger partial charge in [0.1, 0.15) is 0 Å². The molecule has 1 aromatic rings. The molecular weight excluding hydrogens is 285 g/mol. The van der Waals surface area contributed by atoms with Crippen LogP contribution in [0.15, 0.2) is 18.5 Å². The Balaban J connectivity index is 2.18. The summed E-state index contributed by atoms with van der Waals surface area (Å²) in [5.41, 5.74) is -0.308. The minimum Gasteiger partial charge on any atom is -0.313 e. The predicted molar refractivity (Wildman–Crippen MR) is 75.7 cm³/mol. The predicted octanol–water partition coefficient (Wildman–Crippen LogP) is 3.89. The van der Waals surface area contributed by atoms with E-state index in [0.717, 1.165) is 36.8 Å². The highest BCUT2D eigenvalue weighted by atomic mass is 32.2. The Hall–Kier alpha value is -0.750. The van der Waals surface area contributed by atoms with Gasteiger partial charge >= 0.3 is 6.18 Å². The number of pyridine rings is 1. The van der Waals surface area contributed by atoms with E-state index in [9.17, 15) is 13.2 Å². The number of alkyl halides is 3. The average molecular weight is 304 g/mol. The second-order valence-corrected chi connectivity index (χ2v) is 6.32. The lowest BCUT2D eigenvalue weighted by molar-refractivity contribution is -0.138. The van der Waals surface area contributed by atoms with Crippen molar-refractivity contribution in [3.05, 3.63) is 29.6 Å². The topological polar surface area (TPSA) is 24.9 Å². The lowest BCUT2D eigenvalue weighted by atomic mass is 9.89. The van der Waals surface area contributed by atoms with E-state index >= 15 is 0 Å². The molecule has 1 aliphatic rings. The largest absolute Gasteiger partial charge is 0.416 e. The first-order valence-electron chi connectivity index (χ1n) is 6.78. The quantitative estimate of drug-likeness (QED) is 0.913. The van der Waals surface area contributed by atoms with E-state index in [4.69, 9.17) is 0 Å². The second-order valence-electron chi connectivity index (χ2n) is 5.09. The van der Waals surface area contributed by atoms with Gasteiger partial charge < -0.3 is 5.32 Å². The van der Waals surface area contributed by atoms with E-state index < -0.39 is 11.7 Å². The summed E-state index contributed by atoms with van der Waals surface area (Å²) in [5.74, 6) is 2.72. The number of hydrogen-bond acceptors (Lipinski definition) is 3. The maximum Gasteiger partial charge on any atom is 0.416 e. The van der Waals surface area contributed by atoms with Crippen molar-refractivity contribution in [2.75, 3.05) is 18.6 Å². The maximum absolute atomic E-state index is 13.1. The highest BCUT2D eigenvalue weighted by molar-refractivity contribution is 7.99. The van der Waals surface area contributed by atoms with Gasteiger partial charge in [0, 0.05) is 18.4 Å². The zero-order chi connectivity index (χ0) is 14.6. The van der Waals surface area contributed by atoms with Crippen molar-refractivity contribution in [3.8, 4) is 0 Å². The first kappa shape index (κ1) is 15.6. The minimum atomic E-state index is -4.32. The van der Waals surface area contributed by atoms with Crippen molar-refractivity contribution in [3.63, 3.8) is 0 Å². The molecule has 0 saturated carbocycles. The van der Waals surface area contributed by atoms with Crippen LogP contribution in [0.25, 0.3) is 0 Å². The second kappa shape index (κ2) is 6.80. The third kappa shape index (κ3) is 3.88. The summed E-state index contributed by atoms with van der Waals surface area (Å²) in [6, 6.07) is 0.782. The van der Waals surface area contributed by atoms with Gasteiger partial charge in [0.2, 0.25) is 0 Å². The summed E-state index contributed by atoms with van der Waals surface area (Å²) in [6.45, 7) is 0. The van der Waals surface area contributed by atoms with Crippen molar-refractivity contribution >= 4 is 11.8 Å². The minimum absolute atomic E-state index is 0.265. The fourth-order valence-corrected chi connectivity index (χ4v) is 3.86. The van der Waals surface area contributed by atoms with E-state index in [1.165, 1.54) is 12.4 Å². The van der Waals surface area contributed by atoms with E-state index in [-0.39, 0.29) is 11.6 Å². The van der Waals surface area contributed by atoms with Gasteiger partial charge in [-0.25, -0.2) is 0 Å². The molecule has 2 nitrogen and oxygen atoms in total. The van der Waals surface area contributed by atoms with Crippen LogP contribution in [-0.4, -0.2) is 23.5 Å². The van der Waals surface area contributed by atoms with Gasteiger partial charge in [-0.15, -0.1) is 0 Å². The Labute approximate surface area is 121 Å². The standard InChI is InChI=1S/C14H19F3N2S/c1-18-13(8-10-3-6-20-7-4-10)11-9-19-5-2-12(11)14(15,16)17/h2,5,9-10,13,18H,3-4,6-8H2,1H3. The van der Waals surface area contributed by atoms with E-state index in [1.54, 1.807) is 7.05 Å². The molecular formula is C14H19F3N2S. The zero-order valence-corrected chi connectivity index (χ0v) is 12.2. The summed E-state index contributed by atoms with van der Waals surface area (Å²) >= 11 is 1.92. The molecule has 0 amide bonds. The summed E-state index contributed by atoms with van der Waals surface area (Å²) < 4.78 is 39.2. The van der Waals surface area contributed by atoms with Gasteiger partial charge in [-0.3, -0.25) is 4.98 Å². The van der Waals surface area contributed by atoms with Crippen molar-refractivity contribution in [1.82, 2.24) is 10.3 Å². The Morgan fingerprint density at radius 2 is 2.10 bits per heavy atom. The van der Waals surface area contributed by atoms with Crippen LogP contribution in [0.2, 0.25) is 0 Å². The first-order chi connectivity index (χ1) is 9.52. The Bertz CT molecular complexity index is 431. The van der Waals surface area contributed by atoms with Crippen LogP contribution >= 0.6 is 11.8 Å². The molecule has 1 N–H and O–H groups in total. The number of nitrogens with zero attached hydrogens (tertiary/aromatic N) is 1. The summed E-state index contributed by atoms with van der Waals surface area (Å²) in [5, 5.41) is 3.03. The summed E-state index contributed by atoms with van der Waals surface area (Å²) in [6.07, 6.45) is 1.15. The molecule has 112 valence electrons. The van der Waals surface area contributed by atoms with Crippen LogP contribution in [0.3, 0.4) is 0 Å². The van der Waals surface area contributed by atoms with E-state index in [2.05, 4.69) is 10.3 Å². The number of nitrogens with one attached hydrogen (secondary N) is 1. The molecule has 2 heterocycles. The third-order valence-corrected chi connectivity index (χ3v) is 4.84. The number of aromatic nitrogens is 1. The lowest BCUT2D eigenvalue weighted by Gasteiger charge is -2.27. The van der Waals surface area contributed by atoms with E-state index in [0.29, 0.717) is 5.92 Å². The molecule has 0 bridgehead atoms. The molecule has 0 aromatic carbocycles. The number of rotatable bonds is 4. The Morgan fingerprint density at radius 1 is 1.40 bits per heavy atom. The number of halogens is 3. The Morgan fingerprint density at radius 3 is 2.70 bits per heavy atom. The fourth-order valence-electron chi connectivity index (χ4n) is 2.66. The van der Waals surface area contributed by atoms with Crippen LogP contribution in [0.4, 0.5) is 13.2 Å². The Kier molecular flexibility index (Phi) is 5.32. The summed E-state index contributed by atoms with van der Waals surface area (Å²) in [7, 11) is 1.72. The zero-order valence-electron chi connectivity index (χ0n) is 11.4. The lowest BCUT2D eigenvalue weighted by Crippen LogP contribution is -2.25. The van der Waals surface area contributed by atoms with Gasteiger partial charge in [-0.1, -0.05) is 0 Å². The van der Waals surface area contributed by atoms with Crippen LogP contribution in [0.1, 0.15) is 36.4 Å². The molecule has 20 heavy (non-hydrogen) atoms. The summed E-state index contributed by atoms with van der Waals surface area (Å²) in [4.78, 5) is 3.88. The molecule has 1 fully saturated rings. The van der Waals surface area contributed by atoms with Gasteiger partial charge in [-0.2, -0.15) is 24.9 Å². The molecule has 0 spiro atoms. The maximum atomic E-state index is 13.1. The van der Waals surface area contributed by atoms with Gasteiger partial charge in [-0.05, 0) is 55.4 Å². The first-order valence-corrected chi connectivity index (χ1v) is 7.94. The molecule has 0 radical (unpaired) electrons. The van der Waals surface area contributed by atoms with Crippen molar-refractivity contribution in [2.24, 2.45) is 5.92 Å². The molecule has 1 aliphatic heterocycles. The van der Waals surface area contributed by atoms with Crippen LogP contribution in [0.5, 0.6) is 0 Å². The average Bonchev–Trinajstić information content (AvgIpc) is 2.45.